The lowest BCUT2D eigenvalue weighted by Crippen LogP contribution is -2.38. The Morgan fingerprint density at radius 1 is 0.923 bits per heavy atom. The molecule has 0 saturated carbocycles. The Kier molecular flexibility index (Phi) is 4.20. The van der Waals surface area contributed by atoms with Crippen LogP contribution in [0.5, 0.6) is 0 Å². The van der Waals surface area contributed by atoms with Crippen LogP contribution in [0.3, 0.4) is 0 Å². The van der Waals surface area contributed by atoms with E-state index in [0.717, 1.165) is 21.0 Å². The van der Waals surface area contributed by atoms with Gasteiger partial charge < -0.3 is 10.6 Å². The molecule has 2 amide bonds. The van der Waals surface area contributed by atoms with Gasteiger partial charge in [-0.1, -0.05) is 59.9 Å². The quantitative estimate of drug-likeness (QED) is 0.310. The summed E-state index contributed by atoms with van der Waals surface area (Å²) in [4.78, 5) is 16.6. The average molecular weight is 361 g/mol. The number of rotatable bonds is 2. The van der Waals surface area contributed by atoms with E-state index < -0.39 is 6.03 Å². The molecular formula is C19H15N5OS. The molecule has 7 heteroatoms. The number of para-hydroxylation sites is 1. The molecule has 1 aromatic heterocycles. The number of carbonyl (C=O) groups excluding carboxylic acids is 1. The lowest BCUT2D eigenvalue weighted by Gasteiger charge is -2.10. The van der Waals surface area contributed by atoms with E-state index >= 15 is 0 Å². The van der Waals surface area contributed by atoms with Gasteiger partial charge in [-0.3, -0.25) is 10.7 Å². The number of nitrogens with one attached hydrogen (secondary N) is 4. The van der Waals surface area contributed by atoms with Gasteiger partial charge in [0.2, 0.25) is 5.96 Å². The molecule has 0 aliphatic carbocycles. The van der Waals surface area contributed by atoms with Crippen molar-refractivity contribution >= 4 is 55.1 Å². The topological polar surface area (TPSA) is 89.9 Å². The van der Waals surface area contributed by atoms with Crippen molar-refractivity contribution < 1.29 is 4.79 Å². The Balaban J connectivity index is 1.43. The van der Waals surface area contributed by atoms with E-state index in [9.17, 15) is 4.79 Å². The minimum absolute atomic E-state index is 0.137. The minimum atomic E-state index is -0.486. The Labute approximate surface area is 153 Å². The second-order valence-electron chi connectivity index (χ2n) is 5.59. The van der Waals surface area contributed by atoms with Crippen LogP contribution in [0, 0.1) is 5.41 Å². The normalized spacial score (nSPS) is 10.6. The van der Waals surface area contributed by atoms with Crippen molar-refractivity contribution in [3.63, 3.8) is 0 Å². The fourth-order valence-electron chi connectivity index (χ4n) is 2.67. The zero-order valence-corrected chi connectivity index (χ0v) is 14.4. The molecule has 26 heavy (non-hydrogen) atoms. The Hall–Kier alpha value is -3.45. The highest BCUT2D eigenvalue weighted by atomic mass is 32.1. The van der Waals surface area contributed by atoms with Crippen LogP contribution in [0.2, 0.25) is 0 Å². The molecule has 4 N–H and O–H groups in total. The molecule has 0 unspecified atom stereocenters. The van der Waals surface area contributed by atoms with Crippen molar-refractivity contribution in [1.29, 1.82) is 5.41 Å². The van der Waals surface area contributed by atoms with Crippen LogP contribution in [0.4, 0.5) is 15.6 Å². The van der Waals surface area contributed by atoms with Gasteiger partial charge in [0.1, 0.15) is 0 Å². The smallest absolute Gasteiger partial charge is 0.307 e. The second kappa shape index (κ2) is 6.81. The molecule has 0 spiro atoms. The molecule has 1 heterocycles. The molecule has 0 aliphatic heterocycles. The third kappa shape index (κ3) is 3.33. The van der Waals surface area contributed by atoms with Crippen molar-refractivity contribution in [2.75, 3.05) is 10.6 Å². The summed E-state index contributed by atoms with van der Waals surface area (Å²) in [6.45, 7) is 0. The molecule has 0 fully saturated rings. The van der Waals surface area contributed by atoms with Crippen LogP contribution < -0.4 is 16.0 Å². The van der Waals surface area contributed by atoms with E-state index in [2.05, 4.69) is 20.9 Å². The van der Waals surface area contributed by atoms with Crippen molar-refractivity contribution in [1.82, 2.24) is 10.3 Å². The van der Waals surface area contributed by atoms with E-state index in [1.54, 1.807) is 0 Å². The highest BCUT2D eigenvalue weighted by Gasteiger charge is 2.09. The van der Waals surface area contributed by atoms with E-state index in [4.69, 9.17) is 5.41 Å². The Morgan fingerprint density at radius 2 is 1.69 bits per heavy atom. The summed E-state index contributed by atoms with van der Waals surface area (Å²) in [5.74, 6) is -0.137. The number of benzene rings is 3. The molecule has 3 aromatic carbocycles. The molecule has 0 atom stereocenters. The Morgan fingerprint density at radius 3 is 2.58 bits per heavy atom. The zero-order chi connectivity index (χ0) is 17.9. The standard InChI is InChI=1S/C19H15N5OS/c20-17(24-19-22-15-9-3-4-11-16(15)26-19)23-18(25)21-14-10-5-7-12-6-1-2-8-13(12)14/h1-11H,(H4,20,21,22,23,24,25). The number of anilines is 2. The maximum Gasteiger partial charge on any atom is 0.326 e. The second-order valence-corrected chi connectivity index (χ2v) is 6.62. The SMILES string of the molecule is N=C(NC(=O)Nc1cccc2ccccc12)Nc1nc2ccccc2s1. The van der Waals surface area contributed by atoms with Crippen LogP contribution in [-0.4, -0.2) is 17.0 Å². The van der Waals surface area contributed by atoms with Crippen molar-refractivity contribution in [3.8, 4) is 0 Å². The predicted molar refractivity (Wildman–Crippen MR) is 107 cm³/mol. The lowest BCUT2D eigenvalue weighted by molar-refractivity contribution is 0.256. The number of hydrogen-bond donors (Lipinski definition) is 4. The number of aromatic nitrogens is 1. The number of urea groups is 1. The summed E-state index contributed by atoms with van der Waals surface area (Å²) >= 11 is 1.42. The van der Waals surface area contributed by atoms with Crippen LogP contribution >= 0.6 is 11.3 Å². The summed E-state index contributed by atoms with van der Waals surface area (Å²) < 4.78 is 1.02. The monoisotopic (exact) mass is 361 g/mol. The number of nitrogens with zero attached hydrogens (tertiary/aromatic N) is 1. The number of amides is 2. The summed E-state index contributed by atoms with van der Waals surface area (Å²) in [5, 5.41) is 18.5. The maximum absolute atomic E-state index is 12.2. The van der Waals surface area contributed by atoms with Crippen molar-refractivity contribution in [3.05, 3.63) is 66.7 Å². The fourth-order valence-corrected chi connectivity index (χ4v) is 3.54. The first-order valence-electron chi connectivity index (χ1n) is 7.96. The number of hydrogen-bond acceptors (Lipinski definition) is 4. The molecule has 0 radical (unpaired) electrons. The third-order valence-electron chi connectivity index (χ3n) is 3.80. The Bertz CT molecular complexity index is 1080. The first-order chi connectivity index (χ1) is 12.7. The van der Waals surface area contributed by atoms with Crippen LogP contribution in [0.15, 0.2) is 66.7 Å². The van der Waals surface area contributed by atoms with E-state index in [0.29, 0.717) is 10.8 Å². The fraction of sp³-hybridized carbons (Fsp3) is 0. The maximum atomic E-state index is 12.2. The van der Waals surface area contributed by atoms with Crippen molar-refractivity contribution in [2.24, 2.45) is 0 Å². The van der Waals surface area contributed by atoms with Gasteiger partial charge in [0, 0.05) is 5.39 Å². The van der Waals surface area contributed by atoms with Gasteiger partial charge in [0.15, 0.2) is 5.13 Å². The highest BCUT2D eigenvalue weighted by molar-refractivity contribution is 7.22. The highest BCUT2D eigenvalue weighted by Crippen LogP contribution is 2.25. The average Bonchev–Trinajstić information content (AvgIpc) is 3.04. The predicted octanol–water partition coefficient (Wildman–Crippen LogP) is 4.62. The van der Waals surface area contributed by atoms with Crippen LogP contribution in [0.25, 0.3) is 21.0 Å². The summed E-state index contributed by atoms with van der Waals surface area (Å²) in [6.07, 6.45) is 0. The summed E-state index contributed by atoms with van der Waals surface area (Å²) in [6, 6.07) is 20.7. The molecular weight excluding hydrogens is 346 g/mol. The summed E-state index contributed by atoms with van der Waals surface area (Å²) in [5.41, 5.74) is 1.54. The molecule has 0 aliphatic rings. The molecule has 4 aromatic rings. The lowest BCUT2D eigenvalue weighted by atomic mass is 10.1. The number of thiazole rings is 1. The molecule has 0 saturated heterocycles. The van der Waals surface area contributed by atoms with E-state index in [1.807, 2.05) is 66.7 Å². The van der Waals surface area contributed by atoms with E-state index in [-0.39, 0.29) is 5.96 Å². The van der Waals surface area contributed by atoms with Gasteiger partial charge in [-0.15, -0.1) is 0 Å². The van der Waals surface area contributed by atoms with Gasteiger partial charge in [-0.05, 0) is 23.6 Å². The molecule has 4 rings (SSSR count). The minimum Gasteiger partial charge on any atom is -0.307 e. The number of carbonyl (C=O) groups is 1. The van der Waals surface area contributed by atoms with Gasteiger partial charge in [-0.2, -0.15) is 0 Å². The molecule has 6 nitrogen and oxygen atoms in total. The van der Waals surface area contributed by atoms with Gasteiger partial charge >= 0.3 is 6.03 Å². The first kappa shape index (κ1) is 16.0. The van der Waals surface area contributed by atoms with E-state index in [1.165, 1.54) is 11.3 Å². The van der Waals surface area contributed by atoms with Crippen LogP contribution in [-0.2, 0) is 0 Å². The van der Waals surface area contributed by atoms with Gasteiger partial charge in [0.05, 0.1) is 15.9 Å². The van der Waals surface area contributed by atoms with Crippen molar-refractivity contribution in [2.45, 2.75) is 0 Å². The third-order valence-corrected chi connectivity index (χ3v) is 4.75. The first-order valence-corrected chi connectivity index (χ1v) is 8.77. The summed E-state index contributed by atoms with van der Waals surface area (Å²) in [7, 11) is 0. The number of guanidine groups is 1. The number of fused-ring (bicyclic) bond motifs is 2. The van der Waals surface area contributed by atoms with Crippen LogP contribution in [0.1, 0.15) is 0 Å². The molecule has 0 bridgehead atoms. The molecule has 128 valence electrons. The van der Waals surface area contributed by atoms with Gasteiger partial charge in [-0.25, -0.2) is 9.78 Å². The zero-order valence-electron chi connectivity index (χ0n) is 13.6. The van der Waals surface area contributed by atoms with Gasteiger partial charge in [0.25, 0.3) is 0 Å². The largest absolute Gasteiger partial charge is 0.326 e.